The van der Waals surface area contributed by atoms with Crippen molar-refractivity contribution in [2.24, 2.45) is 0 Å². The van der Waals surface area contributed by atoms with Crippen molar-refractivity contribution in [1.82, 2.24) is 0 Å². The molecule has 0 fully saturated rings. The molecule has 186 valence electrons. The van der Waals surface area contributed by atoms with Gasteiger partial charge in [-0.2, -0.15) is 13.7 Å². The Labute approximate surface area is 218 Å². The van der Waals surface area contributed by atoms with Crippen LogP contribution in [0.15, 0.2) is 75.6 Å². The van der Waals surface area contributed by atoms with E-state index in [1.807, 2.05) is 13.0 Å². The van der Waals surface area contributed by atoms with Crippen molar-refractivity contribution in [3.05, 3.63) is 81.8 Å². The van der Waals surface area contributed by atoms with E-state index < -0.39 is 16.0 Å². The van der Waals surface area contributed by atoms with Crippen molar-refractivity contribution in [3.8, 4) is 23.3 Å². The zero-order valence-corrected chi connectivity index (χ0v) is 22.1. The summed E-state index contributed by atoms with van der Waals surface area (Å²) in [6.07, 6.45) is 1.37. The predicted molar refractivity (Wildman–Crippen MR) is 140 cm³/mol. The predicted octanol–water partition coefficient (Wildman–Crippen LogP) is 5.48. The van der Waals surface area contributed by atoms with Gasteiger partial charge >= 0.3 is 10.1 Å². The lowest BCUT2D eigenvalue weighted by atomic mass is 10.1. The molecule has 0 aliphatic carbocycles. The van der Waals surface area contributed by atoms with E-state index in [0.717, 1.165) is 5.56 Å². The lowest BCUT2D eigenvalue weighted by Crippen LogP contribution is -2.13. The van der Waals surface area contributed by atoms with Crippen LogP contribution in [0.1, 0.15) is 18.1 Å². The van der Waals surface area contributed by atoms with Crippen LogP contribution in [0.5, 0.6) is 17.2 Å². The van der Waals surface area contributed by atoms with Crippen LogP contribution in [0.4, 0.5) is 5.69 Å². The molecule has 0 atom stereocenters. The van der Waals surface area contributed by atoms with E-state index in [9.17, 15) is 18.5 Å². The Kier molecular flexibility index (Phi) is 8.74. The Morgan fingerprint density at radius 1 is 1.11 bits per heavy atom. The van der Waals surface area contributed by atoms with Gasteiger partial charge in [0.15, 0.2) is 11.5 Å². The van der Waals surface area contributed by atoms with Gasteiger partial charge in [0.2, 0.25) is 0 Å². The minimum Gasteiger partial charge on any atom is -0.497 e. The largest absolute Gasteiger partial charge is 0.497 e. The summed E-state index contributed by atoms with van der Waals surface area (Å²) in [7, 11) is -2.60. The van der Waals surface area contributed by atoms with E-state index in [-0.39, 0.29) is 33.0 Å². The number of carbonyl (C=O) groups is 1. The van der Waals surface area contributed by atoms with Crippen molar-refractivity contribution in [2.45, 2.75) is 18.7 Å². The van der Waals surface area contributed by atoms with Gasteiger partial charge in [0, 0.05) is 5.69 Å². The number of aryl methyl sites for hydroxylation is 1. The fourth-order valence-electron chi connectivity index (χ4n) is 3.07. The zero-order chi connectivity index (χ0) is 26.3. The van der Waals surface area contributed by atoms with Crippen LogP contribution in [0.2, 0.25) is 0 Å². The van der Waals surface area contributed by atoms with E-state index in [4.69, 9.17) is 13.7 Å². The van der Waals surface area contributed by atoms with Crippen molar-refractivity contribution >= 4 is 43.7 Å². The third-order valence-corrected chi connectivity index (χ3v) is 6.68. The van der Waals surface area contributed by atoms with Crippen LogP contribution in [0, 0.1) is 18.3 Å². The maximum Gasteiger partial charge on any atom is 0.339 e. The molecular formula is C26H23BrN2O6S. The monoisotopic (exact) mass is 570 g/mol. The summed E-state index contributed by atoms with van der Waals surface area (Å²) in [5.41, 5.74) is 1.65. The van der Waals surface area contributed by atoms with Crippen molar-refractivity contribution in [3.63, 3.8) is 0 Å². The number of nitrogens with zero attached hydrogens (tertiary/aromatic N) is 1. The summed E-state index contributed by atoms with van der Waals surface area (Å²) >= 11 is 3.33. The molecule has 0 radical (unpaired) electrons. The molecule has 0 heterocycles. The summed E-state index contributed by atoms with van der Waals surface area (Å²) in [6, 6.07) is 17.8. The lowest BCUT2D eigenvalue weighted by molar-refractivity contribution is -0.112. The normalized spacial score (nSPS) is 11.4. The first-order chi connectivity index (χ1) is 17.2. The molecule has 0 bridgehead atoms. The number of hydrogen-bond acceptors (Lipinski definition) is 7. The highest BCUT2D eigenvalue weighted by Gasteiger charge is 2.22. The summed E-state index contributed by atoms with van der Waals surface area (Å²) in [5, 5.41) is 12.2. The third-order valence-electron chi connectivity index (χ3n) is 4.86. The number of rotatable bonds is 9. The van der Waals surface area contributed by atoms with E-state index in [0.29, 0.717) is 17.0 Å². The number of nitrogens with one attached hydrogen (secondary N) is 1. The number of nitriles is 1. The number of amides is 1. The molecule has 3 aromatic rings. The molecule has 0 spiro atoms. The third kappa shape index (κ3) is 6.65. The maximum absolute atomic E-state index is 12.8. The molecule has 3 rings (SSSR count). The van der Waals surface area contributed by atoms with Gasteiger partial charge in [0.25, 0.3) is 5.91 Å². The van der Waals surface area contributed by atoms with Crippen LogP contribution < -0.4 is 19.0 Å². The van der Waals surface area contributed by atoms with Gasteiger partial charge < -0.3 is 19.0 Å². The average Bonchev–Trinajstić information content (AvgIpc) is 2.85. The molecule has 3 aromatic carbocycles. The standard InChI is InChI=1S/C26H23BrN2O6S/c1-4-34-24-15-18(13-19(16-28)26(30)29-20-7-9-21(33-3)10-8-20)14-23(27)25(24)35-36(31,32)22-11-5-17(2)6-12-22/h5-15H,4H2,1-3H3,(H,29,30)/b19-13+. The second-order valence-electron chi connectivity index (χ2n) is 7.47. The molecule has 0 unspecified atom stereocenters. The second kappa shape index (κ2) is 11.7. The number of anilines is 1. The summed E-state index contributed by atoms with van der Waals surface area (Å²) in [5.74, 6) is 0.0977. The Morgan fingerprint density at radius 2 is 1.78 bits per heavy atom. The van der Waals surface area contributed by atoms with Gasteiger partial charge in [-0.15, -0.1) is 0 Å². The molecule has 0 aromatic heterocycles. The van der Waals surface area contributed by atoms with E-state index in [1.54, 1.807) is 43.3 Å². The molecule has 0 saturated heterocycles. The Bertz CT molecular complexity index is 1430. The molecule has 0 aliphatic rings. The first-order valence-electron chi connectivity index (χ1n) is 10.7. The number of benzene rings is 3. The Morgan fingerprint density at radius 3 is 2.36 bits per heavy atom. The first kappa shape index (κ1) is 26.8. The van der Waals surface area contributed by atoms with Gasteiger partial charge in [-0.3, -0.25) is 4.79 Å². The van der Waals surface area contributed by atoms with E-state index in [2.05, 4.69) is 21.2 Å². The molecule has 0 aliphatic heterocycles. The van der Waals surface area contributed by atoms with Crippen LogP contribution in [-0.2, 0) is 14.9 Å². The van der Waals surface area contributed by atoms with Crippen LogP contribution in [0.25, 0.3) is 6.08 Å². The van der Waals surface area contributed by atoms with Crippen LogP contribution in [0.3, 0.4) is 0 Å². The Hall–Kier alpha value is -3.81. The SMILES string of the molecule is CCOc1cc(/C=C(\C#N)C(=O)Nc2ccc(OC)cc2)cc(Br)c1OS(=O)(=O)c1ccc(C)cc1. The molecule has 0 saturated carbocycles. The highest BCUT2D eigenvalue weighted by molar-refractivity contribution is 9.10. The van der Waals surface area contributed by atoms with Crippen LogP contribution in [-0.4, -0.2) is 28.0 Å². The quantitative estimate of drug-likeness (QED) is 0.206. The second-order valence-corrected chi connectivity index (χ2v) is 9.87. The first-order valence-corrected chi connectivity index (χ1v) is 12.9. The highest BCUT2D eigenvalue weighted by Crippen LogP contribution is 2.39. The summed E-state index contributed by atoms with van der Waals surface area (Å²) in [4.78, 5) is 12.6. The van der Waals surface area contributed by atoms with Gasteiger partial charge in [0.05, 0.1) is 18.2 Å². The zero-order valence-electron chi connectivity index (χ0n) is 19.7. The molecular weight excluding hydrogens is 548 g/mol. The molecule has 1 amide bonds. The fraction of sp³-hybridized carbons (Fsp3) is 0.154. The number of hydrogen-bond donors (Lipinski definition) is 1. The smallest absolute Gasteiger partial charge is 0.339 e. The van der Waals surface area contributed by atoms with Crippen LogP contribution >= 0.6 is 15.9 Å². The van der Waals surface area contributed by atoms with Gasteiger partial charge in [-0.1, -0.05) is 17.7 Å². The Balaban J connectivity index is 1.91. The summed E-state index contributed by atoms with van der Waals surface area (Å²) in [6.45, 7) is 3.81. The molecule has 10 heteroatoms. The molecule has 36 heavy (non-hydrogen) atoms. The van der Waals surface area contributed by atoms with Crippen molar-refractivity contribution in [2.75, 3.05) is 19.0 Å². The van der Waals surface area contributed by atoms with Gasteiger partial charge in [0.1, 0.15) is 22.3 Å². The number of halogens is 1. The molecule has 8 nitrogen and oxygen atoms in total. The minimum atomic E-state index is -4.14. The van der Waals surface area contributed by atoms with Gasteiger partial charge in [-0.25, -0.2) is 0 Å². The average molecular weight is 571 g/mol. The maximum atomic E-state index is 12.8. The minimum absolute atomic E-state index is 0.00612. The highest BCUT2D eigenvalue weighted by atomic mass is 79.9. The van der Waals surface area contributed by atoms with E-state index in [1.165, 1.54) is 37.5 Å². The number of carbonyl (C=O) groups excluding carboxylic acids is 1. The number of methoxy groups -OCH3 is 1. The summed E-state index contributed by atoms with van der Waals surface area (Å²) < 4.78 is 42.0. The fourth-order valence-corrected chi connectivity index (χ4v) is 4.67. The van der Waals surface area contributed by atoms with Crippen molar-refractivity contribution < 1.29 is 26.9 Å². The topological polar surface area (TPSA) is 115 Å². The van der Waals surface area contributed by atoms with Crippen molar-refractivity contribution in [1.29, 1.82) is 5.26 Å². The number of ether oxygens (including phenoxy) is 2. The van der Waals surface area contributed by atoms with Gasteiger partial charge in [-0.05, 0) is 89.9 Å². The van der Waals surface area contributed by atoms with E-state index >= 15 is 0 Å². The molecule has 1 N–H and O–H groups in total. The lowest BCUT2D eigenvalue weighted by Gasteiger charge is -2.15.